The van der Waals surface area contributed by atoms with Crippen LogP contribution in [-0.4, -0.2) is 41.7 Å². The van der Waals surface area contributed by atoms with E-state index < -0.39 is 8.80 Å². The van der Waals surface area contributed by atoms with Crippen LogP contribution in [0.1, 0.15) is 82.8 Å². The SMILES string of the molecule is CCO[Si](CCCCC1CCC(c2cccc(/C=C/C(=O)OC)c2)CC1)(OCC)OCC. The van der Waals surface area contributed by atoms with Crippen molar-refractivity contribution in [3.8, 4) is 0 Å². The zero-order chi connectivity index (χ0) is 23.2. The number of esters is 1. The van der Waals surface area contributed by atoms with Crippen molar-refractivity contribution in [3.63, 3.8) is 0 Å². The molecular weight excluding hydrogens is 420 g/mol. The number of hydrogen-bond acceptors (Lipinski definition) is 5. The maximum Gasteiger partial charge on any atom is 0.500 e. The van der Waals surface area contributed by atoms with Crippen molar-refractivity contribution < 1.29 is 22.8 Å². The Morgan fingerprint density at radius 1 is 1.00 bits per heavy atom. The second-order valence-corrected chi connectivity index (χ2v) is 11.2. The lowest BCUT2D eigenvalue weighted by atomic mass is 9.77. The normalized spacial score (nSPS) is 19.4. The Bertz CT molecular complexity index is 680. The molecule has 32 heavy (non-hydrogen) atoms. The molecule has 6 heteroatoms. The summed E-state index contributed by atoms with van der Waals surface area (Å²) < 4.78 is 22.6. The molecule has 2 rings (SSSR count). The quantitative estimate of drug-likeness (QED) is 0.139. The van der Waals surface area contributed by atoms with Crippen LogP contribution >= 0.6 is 0 Å². The van der Waals surface area contributed by atoms with Crippen molar-refractivity contribution in [1.82, 2.24) is 0 Å². The maximum atomic E-state index is 11.3. The molecule has 0 bridgehead atoms. The number of methoxy groups -OCH3 is 1. The minimum atomic E-state index is -2.49. The van der Waals surface area contributed by atoms with Gasteiger partial charge < -0.3 is 18.0 Å². The van der Waals surface area contributed by atoms with E-state index in [4.69, 9.17) is 13.3 Å². The third kappa shape index (κ3) is 8.81. The lowest BCUT2D eigenvalue weighted by Crippen LogP contribution is -2.45. The maximum absolute atomic E-state index is 11.3. The van der Waals surface area contributed by atoms with Gasteiger partial charge in [-0.2, -0.15) is 0 Å². The minimum absolute atomic E-state index is 0.320. The van der Waals surface area contributed by atoms with Crippen LogP contribution in [0.5, 0.6) is 0 Å². The van der Waals surface area contributed by atoms with Gasteiger partial charge in [-0.3, -0.25) is 0 Å². The van der Waals surface area contributed by atoms with E-state index in [1.165, 1.54) is 57.3 Å². The summed E-state index contributed by atoms with van der Waals surface area (Å²) in [5.74, 6) is 1.11. The molecular formula is C26H42O5Si. The van der Waals surface area contributed by atoms with Crippen LogP contribution in [0.4, 0.5) is 0 Å². The zero-order valence-corrected chi connectivity index (χ0v) is 21.4. The summed E-state index contributed by atoms with van der Waals surface area (Å²) in [6.45, 7) is 8.00. The number of rotatable bonds is 14. The molecule has 1 fully saturated rings. The van der Waals surface area contributed by atoms with Gasteiger partial charge in [-0.15, -0.1) is 0 Å². The van der Waals surface area contributed by atoms with E-state index in [1.807, 2.05) is 32.9 Å². The summed E-state index contributed by atoms with van der Waals surface area (Å²) >= 11 is 0. The van der Waals surface area contributed by atoms with E-state index in [0.717, 1.165) is 23.9 Å². The fourth-order valence-electron chi connectivity index (χ4n) is 4.71. The summed E-state index contributed by atoms with van der Waals surface area (Å²) in [6.07, 6.45) is 12.0. The van der Waals surface area contributed by atoms with Gasteiger partial charge in [0.1, 0.15) is 0 Å². The summed E-state index contributed by atoms with van der Waals surface area (Å²) in [7, 11) is -1.09. The fraction of sp³-hybridized carbons (Fsp3) is 0.654. The monoisotopic (exact) mass is 462 g/mol. The highest BCUT2D eigenvalue weighted by atomic mass is 28.4. The molecule has 0 saturated heterocycles. The van der Waals surface area contributed by atoms with Crippen molar-refractivity contribution in [2.75, 3.05) is 26.9 Å². The Hall–Kier alpha value is -1.47. The number of benzene rings is 1. The molecule has 5 nitrogen and oxygen atoms in total. The van der Waals surface area contributed by atoms with Gasteiger partial charge in [-0.1, -0.05) is 37.1 Å². The molecule has 1 aliphatic rings. The summed E-state index contributed by atoms with van der Waals surface area (Å²) in [5.41, 5.74) is 2.44. The standard InChI is InChI=1S/C26H42O5Si/c1-5-29-32(30-6-2,31-7-3)20-9-8-11-22-14-17-24(18-15-22)25-13-10-12-23(21-25)16-19-26(27)28-4/h10,12-13,16,19,21-22,24H,5-9,11,14-15,17-18,20H2,1-4H3/b19-16+. The molecule has 0 unspecified atom stereocenters. The predicted octanol–water partition coefficient (Wildman–Crippen LogP) is 6.37. The van der Waals surface area contributed by atoms with E-state index >= 15 is 0 Å². The molecule has 0 atom stereocenters. The van der Waals surface area contributed by atoms with E-state index in [0.29, 0.717) is 25.7 Å². The van der Waals surface area contributed by atoms with Crippen molar-refractivity contribution in [3.05, 3.63) is 41.5 Å². The largest absolute Gasteiger partial charge is 0.500 e. The molecule has 0 radical (unpaired) electrons. The molecule has 0 N–H and O–H groups in total. The number of hydrogen-bond donors (Lipinski definition) is 0. The number of unbranched alkanes of at least 4 members (excludes halogenated alkanes) is 1. The van der Waals surface area contributed by atoms with Crippen molar-refractivity contribution in [2.24, 2.45) is 5.92 Å². The Labute approximate surface area is 195 Å². The second kappa shape index (κ2) is 14.6. The van der Waals surface area contributed by atoms with Gasteiger partial charge in [0.15, 0.2) is 0 Å². The van der Waals surface area contributed by atoms with Crippen molar-refractivity contribution in [1.29, 1.82) is 0 Å². The lowest BCUT2D eigenvalue weighted by molar-refractivity contribution is -0.134. The first-order valence-corrected chi connectivity index (χ1v) is 14.3. The predicted molar refractivity (Wildman–Crippen MR) is 131 cm³/mol. The lowest BCUT2D eigenvalue weighted by Gasteiger charge is -2.30. The molecule has 1 saturated carbocycles. The van der Waals surface area contributed by atoms with Gasteiger partial charge in [-0.25, -0.2) is 4.79 Å². The number of ether oxygens (including phenoxy) is 1. The van der Waals surface area contributed by atoms with Crippen LogP contribution in [0.25, 0.3) is 6.08 Å². The van der Waals surface area contributed by atoms with Gasteiger partial charge in [0, 0.05) is 31.9 Å². The highest BCUT2D eigenvalue weighted by Gasteiger charge is 2.39. The Kier molecular flexibility index (Phi) is 12.2. The first-order valence-electron chi connectivity index (χ1n) is 12.3. The third-order valence-corrected chi connectivity index (χ3v) is 9.43. The zero-order valence-electron chi connectivity index (χ0n) is 20.4. The number of carbonyl (C=O) groups excluding carboxylic acids is 1. The van der Waals surface area contributed by atoms with Crippen molar-refractivity contribution >= 4 is 20.8 Å². The molecule has 0 aliphatic heterocycles. The van der Waals surface area contributed by atoms with Crippen LogP contribution in [0, 0.1) is 5.92 Å². The van der Waals surface area contributed by atoms with Gasteiger partial charge in [0.2, 0.25) is 0 Å². The molecule has 180 valence electrons. The summed E-state index contributed by atoms with van der Waals surface area (Å²) in [5, 5.41) is 0. The first-order chi connectivity index (χ1) is 15.6. The van der Waals surface area contributed by atoms with Crippen LogP contribution in [-0.2, 0) is 22.8 Å². The van der Waals surface area contributed by atoms with Crippen LogP contribution in [0.2, 0.25) is 6.04 Å². The topological polar surface area (TPSA) is 54.0 Å². The highest BCUT2D eigenvalue weighted by Crippen LogP contribution is 2.38. The summed E-state index contributed by atoms with van der Waals surface area (Å²) in [4.78, 5) is 11.3. The Balaban J connectivity index is 1.77. The van der Waals surface area contributed by atoms with Gasteiger partial charge in [0.05, 0.1) is 7.11 Å². The van der Waals surface area contributed by atoms with E-state index in [9.17, 15) is 4.79 Å². The van der Waals surface area contributed by atoms with Crippen LogP contribution < -0.4 is 0 Å². The number of carbonyl (C=O) groups is 1. The summed E-state index contributed by atoms with van der Waals surface area (Å²) in [6, 6.07) is 9.47. The van der Waals surface area contributed by atoms with E-state index in [-0.39, 0.29) is 5.97 Å². The van der Waals surface area contributed by atoms with Gasteiger partial charge in [-0.05, 0) is 81.9 Å². The molecule has 0 spiro atoms. The minimum Gasteiger partial charge on any atom is -0.466 e. The smallest absolute Gasteiger partial charge is 0.466 e. The molecule has 0 aromatic heterocycles. The van der Waals surface area contributed by atoms with E-state index in [1.54, 1.807) is 0 Å². The fourth-order valence-corrected chi connectivity index (χ4v) is 7.39. The molecule has 1 aromatic carbocycles. The Morgan fingerprint density at radius 3 is 2.25 bits per heavy atom. The first kappa shape index (κ1) is 26.8. The Morgan fingerprint density at radius 2 is 1.66 bits per heavy atom. The average molecular weight is 463 g/mol. The van der Waals surface area contributed by atoms with Gasteiger partial charge in [0.25, 0.3) is 0 Å². The molecule has 0 amide bonds. The van der Waals surface area contributed by atoms with E-state index in [2.05, 4.69) is 22.9 Å². The molecule has 0 heterocycles. The molecule has 1 aromatic rings. The average Bonchev–Trinajstić information content (AvgIpc) is 2.81. The third-order valence-electron chi connectivity index (χ3n) is 6.28. The highest BCUT2D eigenvalue weighted by molar-refractivity contribution is 6.60. The van der Waals surface area contributed by atoms with Crippen molar-refractivity contribution in [2.45, 2.75) is 77.7 Å². The van der Waals surface area contributed by atoms with Gasteiger partial charge >= 0.3 is 14.8 Å². The van der Waals surface area contributed by atoms with Crippen LogP contribution in [0.15, 0.2) is 30.3 Å². The second-order valence-electron chi connectivity index (χ2n) is 8.47. The van der Waals surface area contributed by atoms with Crippen LogP contribution in [0.3, 0.4) is 0 Å². The molecule has 1 aliphatic carbocycles.